The largest absolute Gasteiger partial charge is 0.347 e. The second kappa shape index (κ2) is 4.73. The van der Waals surface area contributed by atoms with E-state index in [9.17, 15) is 9.18 Å². The van der Waals surface area contributed by atoms with Gasteiger partial charge < -0.3 is 5.32 Å². The van der Waals surface area contributed by atoms with E-state index in [0.29, 0.717) is 6.54 Å². The van der Waals surface area contributed by atoms with Crippen LogP contribution >= 0.6 is 0 Å². The third kappa shape index (κ3) is 2.87. The summed E-state index contributed by atoms with van der Waals surface area (Å²) in [4.78, 5) is 15.1. The van der Waals surface area contributed by atoms with Crippen molar-refractivity contribution in [2.45, 2.75) is 6.54 Å². The number of halogens is 1. The normalized spacial score (nSPS) is 10.2. The van der Waals surface area contributed by atoms with E-state index in [0.717, 1.165) is 5.56 Å². The summed E-state index contributed by atoms with van der Waals surface area (Å²) in [6, 6.07) is 4.10. The molecular weight excluding hydrogens is 223 g/mol. The van der Waals surface area contributed by atoms with Crippen LogP contribution < -0.4 is 5.32 Å². The highest BCUT2D eigenvalue weighted by molar-refractivity contribution is 5.92. The lowest BCUT2D eigenvalue weighted by atomic mass is 10.3. The molecule has 88 valence electrons. The van der Waals surface area contributed by atoms with Crippen LogP contribution in [-0.4, -0.2) is 20.7 Å². The summed E-state index contributed by atoms with van der Waals surface area (Å²) in [5.41, 5.74) is 0.936. The van der Waals surface area contributed by atoms with Crippen molar-refractivity contribution in [1.82, 2.24) is 20.1 Å². The van der Waals surface area contributed by atoms with Gasteiger partial charge in [-0.05, 0) is 12.1 Å². The first-order chi connectivity index (χ1) is 8.15. The number of carbonyl (C=O) groups excluding carboxylic acids is 1. The number of aryl methyl sites for hydroxylation is 1. The minimum Gasteiger partial charge on any atom is -0.347 e. The summed E-state index contributed by atoms with van der Waals surface area (Å²) in [7, 11) is 1.79. The highest BCUT2D eigenvalue weighted by Gasteiger charge is 2.07. The maximum absolute atomic E-state index is 12.8. The monoisotopic (exact) mass is 234 g/mol. The molecule has 1 N–H and O–H groups in total. The summed E-state index contributed by atoms with van der Waals surface area (Å²) in [6.07, 6.45) is 3.44. The summed E-state index contributed by atoms with van der Waals surface area (Å²) in [5.74, 6) is -1.08. The SMILES string of the molecule is Cn1cc(CNC(=O)c2cccc(F)n2)cn1. The summed E-state index contributed by atoms with van der Waals surface area (Å²) >= 11 is 0. The summed E-state index contributed by atoms with van der Waals surface area (Å²) < 4.78 is 14.4. The van der Waals surface area contributed by atoms with Gasteiger partial charge in [0.15, 0.2) is 0 Å². The molecular formula is C11H11FN4O. The average Bonchev–Trinajstić information content (AvgIpc) is 2.72. The van der Waals surface area contributed by atoms with Crippen molar-refractivity contribution in [1.29, 1.82) is 0 Å². The third-order valence-electron chi connectivity index (χ3n) is 2.16. The van der Waals surface area contributed by atoms with Gasteiger partial charge in [-0.2, -0.15) is 9.49 Å². The maximum atomic E-state index is 12.8. The predicted molar refractivity (Wildman–Crippen MR) is 58.6 cm³/mol. The average molecular weight is 234 g/mol. The fraction of sp³-hybridized carbons (Fsp3) is 0.182. The summed E-state index contributed by atoms with van der Waals surface area (Å²) in [6.45, 7) is 0.338. The molecule has 0 spiro atoms. The van der Waals surface area contributed by atoms with Crippen LogP contribution in [0.5, 0.6) is 0 Å². The smallest absolute Gasteiger partial charge is 0.270 e. The van der Waals surface area contributed by atoms with E-state index in [1.54, 1.807) is 24.1 Å². The molecule has 0 aromatic carbocycles. The Labute approximate surface area is 97.3 Å². The lowest BCUT2D eigenvalue weighted by Crippen LogP contribution is -2.23. The molecule has 2 rings (SSSR count). The second-order valence-electron chi connectivity index (χ2n) is 3.55. The van der Waals surface area contributed by atoms with Crippen molar-refractivity contribution in [3.63, 3.8) is 0 Å². The topological polar surface area (TPSA) is 59.8 Å². The number of nitrogens with one attached hydrogen (secondary N) is 1. The first kappa shape index (κ1) is 11.3. The van der Waals surface area contributed by atoms with Crippen molar-refractivity contribution in [2.75, 3.05) is 0 Å². The van der Waals surface area contributed by atoms with E-state index >= 15 is 0 Å². The molecule has 1 amide bonds. The Hall–Kier alpha value is -2.24. The maximum Gasteiger partial charge on any atom is 0.270 e. The van der Waals surface area contributed by atoms with Crippen LogP contribution in [0.25, 0.3) is 0 Å². The van der Waals surface area contributed by atoms with Gasteiger partial charge in [0.1, 0.15) is 5.69 Å². The van der Waals surface area contributed by atoms with Crippen molar-refractivity contribution in [3.8, 4) is 0 Å². The van der Waals surface area contributed by atoms with Gasteiger partial charge >= 0.3 is 0 Å². The van der Waals surface area contributed by atoms with Gasteiger partial charge in [-0.25, -0.2) is 4.98 Å². The quantitative estimate of drug-likeness (QED) is 0.802. The minimum absolute atomic E-state index is 0.0638. The third-order valence-corrected chi connectivity index (χ3v) is 2.16. The Balaban J connectivity index is 1.98. The van der Waals surface area contributed by atoms with E-state index in [1.807, 2.05) is 0 Å². The molecule has 0 aliphatic carbocycles. The second-order valence-corrected chi connectivity index (χ2v) is 3.55. The Morgan fingerprint density at radius 1 is 1.53 bits per heavy atom. The van der Waals surface area contributed by atoms with Gasteiger partial charge in [0.05, 0.1) is 6.20 Å². The zero-order chi connectivity index (χ0) is 12.3. The molecule has 0 aliphatic rings. The molecule has 5 nitrogen and oxygen atoms in total. The van der Waals surface area contributed by atoms with E-state index in [1.165, 1.54) is 18.2 Å². The van der Waals surface area contributed by atoms with Crippen LogP contribution in [0.4, 0.5) is 4.39 Å². The molecule has 0 radical (unpaired) electrons. The number of aromatic nitrogens is 3. The highest BCUT2D eigenvalue weighted by atomic mass is 19.1. The van der Waals surface area contributed by atoms with Crippen molar-refractivity contribution < 1.29 is 9.18 Å². The van der Waals surface area contributed by atoms with E-state index in [2.05, 4.69) is 15.4 Å². The minimum atomic E-state index is -0.668. The van der Waals surface area contributed by atoms with Gasteiger partial charge in [-0.1, -0.05) is 6.07 Å². The molecule has 17 heavy (non-hydrogen) atoms. The standard InChI is InChI=1S/C11H11FN4O/c1-16-7-8(6-14-16)5-13-11(17)9-3-2-4-10(12)15-9/h2-4,6-7H,5H2,1H3,(H,13,17). The van der Waals surface area contributed by atoms with Crippen LogP contribution in [0.1, 0.15) is 16.1 Å². The van der Waals surface area contributed by atoms with Crippen molar-refractivity contribution in [3.05, 3.63) is 47.8 Å². The fourth-order valence-electron chi connectivity index (χ4n) is 1.37. The van der Waals surface area contributed by atoms with Crippen LogP contribution in [0.15, 0.2) is 30.6 Å². The zero-order valence-electron chi connectivity index (χ0n) is 9.22. The van der Waals surface area contributed by atoms with Gasteiger partial charge in [0, 0.05) is 25.4 Å². The summed E-state index contributed by atoms with van der Waals surface area (Å²) in [5, 5.41) is 6.61. The molecule has 2 heterocycles. The van der Waals surface area contributed by atoms with Gasteiger partial charge in [0.25, 0.3) is 5.91 Å². The van der Waals surface area contributed by atoms with E-state index < -0.39 is 11.9 Å². The molecule has 0 saturated heterocycles. The molecule has 0 fully saturated rings. The number of carbonyl (C=O) groups is 1. The Kier molecular flexibility index (Phi) is 3.13. The molecule has 0 aliphatic heterocycles. The van der Waals surface area contributed by atoms with Gasteiger partial charge in [-0.15, -0.1) is 0 Å². The molecule has 0 bridgehead atoms. The zero-order valence-corrected chi connectivity index (χ0v) is 9.22. The molecule has 0 unspecified atom stereocenters. The number of amides is 1. The number of nitrogens with zero attached hydrogens (tertiary/aromatic N) is 3. The van der Waals surface area contributed by atoms with Crippen LogP contribution in [0.2, 0.25) is 0 Å². The number of rotatable bonds is 3. The van der Waals surface area contributed by atoms with Gasteiger partial charge in [0.2, 0.25) is 5.95 Å². The molecule has 2 aromatic heterocycles. The number of pyridine rings is 1. The van der Waals surface area contributed by atoms with Crippen LogP contribution in [0.3, 0.4) is 0 Å². The molecule has 0 atom stereocenters. The van der Waals surface area contributed by atoms with E-state index in [4.69, 9.17) is 0 Å². The highest BCUT2D eigenvalue weighted by Crippen LogP contribution is 1.99. The first-order valence-electron chi connectivity index (χ1n) is 5.03. The van der Waals surface area contributed by atoms with Crippen molar-refractivity contribution >= 4 is 5.91 Å². The predicted octanol–water partition coefficient (Wildman–Crippen LogP) is 0.884. The fourth-order valence-corrected chi connectivity index (χ4v) is 1.37. The van der Waals surface area contributed by atoms with Crippen LogP contribution in [-0.2, 0) is 13.6 Å². The van der Waals surface area contributed by atoms with Crippen LogP contribution in [0, 0.1) is 5.95 Å². The van der Waals surface area contributed by atoms with Gasteiger partial charge in [-0.3, -0.25) is 9.48 Å². The Morgan fingerprint density at radius 3 is 3.00 bits per heavy atom. The lowest BCUT2D eigenvalue weighted by Gasteiger charge is -2.02. The lowest BCUT2D eigenvalue weighted by molar-refractivity contribution is 0.0944. The molecule has 0 saturated carbocycles. The Morgan fingerprint density at radius 2 is 2.35 bits per heavy atom. The van der Waals surface area contributed by atoms with E-state index in [-0.39, 0.29) is 5.69 Å². The van der Waals surface area contributed by atoms with Crippen molar-refractivity contribution in [2.24, 2.45) is 7.05 Å². The molecule has 6 heteroatoms. The number of hydrogen-bond donors (Lipinski definition) is 1. The number of hydrogen-bond acceptors (Lipinski definition) is 3. The Bertz CT molecular complexity index is 538. The first-order valence-corrected chi connectivity index (χ1v) is 5.03. The molecule has 2 aromatic rings.